The topological polar surface area (TPSA) is 308 Å². The number of nitrogens with one attached hydrogen (secondary N) is 2. The van der Waals surface area contributed by atoms with Gasteiger partial charge in [0.2, 0.25) is 23.5 Å². The number of fused-ring (bicyclic) bond motifs is 3. The summed E-state index contributed by atoms with van der Waals surface area (Å²) in [7, 11) is -0.425. The number of aromatic nitrogens is 18. The first-order chi connectivity index (χ1) is 44.6. The largest absolute Gasteiger partial charge is 0.498 e. The Bertz CT molecular complexity index is 4870. The molecule has 0 bridgehead atoms. The molecule has 0 aliphatic carbocycles. The van der Waals surface area contributed by atoms with E-state index in [4.69, 9.17) is 35.7 Å². The average molecular weight is 1380 g/mol. The van der Waals surface area contributed by atoms with E-state index < -0.39 is 7.12 Å². The van der Waals surface area contributed by atoms with Gasteiger partial charge in [-0.25, -0.2) is 34.9 Å². The molecule has 8 heterocycles. The Morgan fingerprint density at radius 2 is 0.851 bits per heavy atom. The summed E-state index contributed by atoms with van der Waals surface area (Å²) in [5, 5.41) is 38.5. The maximum absolute atomic E-state index is 9.40. The fraction of sp³-hybridized carbons (Fsp3) is 0.265. The zero-order valence-electron chi connectivity index (χ0n) is 54.3. The number of hydrogen-bond acceptors (Lipinski definition) is 18. The number of tetrazole rings is 2. The van der Waals surface area contributed by atoms with Crippen LogP contribution in [-0.4, -0.2) is 108 Å². The van der Waals surface area contributed by atoms with E-state index in [1.165, 1.54) is 0 Å². The summed E-state index contributed by atoms with van der Waals surface area (Å²) < 4.78 is 20.4. The molecular formula is C68H70BBr2N21O2. The molecule has 6 aromatic carbocycles. The molecule has 1 aliphatic heterocycles. The minimum Gasteiger partial charge on any atom is -0.399 e. The highest BCUT2D eigenvalue weighted by molar-refractivity contribution is 9.10. The summed E-state index contributed by atoms with van der Waals surface area (Å²) in [4.78, 5) is 30.8. The minimum atomic E-state index is -0.425. The number of imidazole rings is 3. The Morgan fingerprint density at radius 1 is 0.479 bits per heavy atom. The van der Waals surface area contributed by atoms with Gasteiger partial charge in [-0.2, -0.15) is 15.7 Å². The van der Waals surface area contributed by atoms with Crippen molar-refractivity contribution in [1.29, 1.82) is 5.26 Å². The lowest BCUT2D eigenvalue weighted by molar-refractivity contribution is 0.00578. The van der Waals surface area contributed by atoms with Crippen LogP contribution in [0.4, 0.5) is 11.9 Å². The molecule has 476 valence electrons. The van der Waals surface area contributed by atoms with E-state index >= 15 is 0 Å². The third-order valence-corrected chi connectivity index (χ3v) is 16.9. The molecule has 0 atom stereocenters. The van der Waals surface area contributed by atoms with Gasteiger partial charge in [-0.15, -0.1) is 20.4 Å². The van der Waals surface area contributed by atoms with Gasteiger partial charge in [-0.3, -0.25) is 0 Å². The van der Waals surface area contributed by atoms with Gasteiger partial charge in [0.1, 0.15) is 17.5 Å². The van der Waals surface area contributed by atoms with Crippen LogP contribution in [0, 0.1) is 11.3 Å². The third kappa shape index (κ3) is 13.6. The predicted octanol–water partition coefficient (Wildman–Crippen LogP) is 13.5. The number of nitrogen functional groups attached to an aromatic ring is 2. The number of nitrogens with zero attached hydrogens (tertiary/aromatic N) is 17. The summed E-state index contributed by atoms with van der Waals surface area (Å²) in [6.45, 7) is 27.5. The van der Waals surface area contributed by atoms with Crippen molar-refractivity contribution in [3.63, 3.8) is 0 Å². The standard InChI is InChI=1S/C22H21N9.C18H17BrN6.C18H16BrN3.C10H16BN3O2/c1-22(2,3)31-18-9-8-13(14-11-24-21(23)25-12-14)10-17(18)26-20(31)16-7-5-4-6-15(16)19-27-29-30-28-19;1-18(2,3)25-15-9-8-11(19)10-14(15)20-17(25)13-7-5-4-6-12(13)16-21-23-24-22-16;1-18(2,3)22-16-9-8-13(19)10-15(16)21-17(22)14-7-5-4-6-12(14)11-20;1-9(2)10(3,4)16-11(15-9)7-5-13-8(12)14-6-7/h4-12H,1-3H3,(H2,23,24,25)(H,27,28,29,30);4-10H,1-3H3,(H,21,22,23,24);4-10H,1-3H3;5-6H,1-4H3,(H2,12,13,14). The molecule has 7 aromatic heterocycles. The molecule has 1 aliphatic rings. The van der Waals surface area contributed by atoms with Crippen molar-refractivity contribution in [3.8, 4) is 74.1 Å². The lowest BCUT2D eigenvalue weighted by atomic mass is 9.81. The van der Waals surface area contributed by atoms with Crippen LogP contribution in [0.3, 0.4) is 0 Å². The van der Waals surface area contributed by atoms with Gasteiger partial charge in [0, 0.05) is 89.2 Å². The maximum atomic E-state index is 9.40. The second-order valence-corrected chi connectivity index (χ2v) is 28.1. The second kappa shape index (κ2) is 25.9. The molecule has 13 aromatic rings. The van der Waals surface area contributed by atoms with Crippen LogP contribution in [0.1, 0.15) is 95.6 Å². The van der Waals surface area contributed by atoms with Crippen molar-refractivity contribution in [3.05, 3.63) is 167 Å². The fourth-order valence-corrected chi connectivity index (χ4v) is 11.7. The number of nitriles is 1. The molecule has 1 fully saturated rings. The molecule has 0 radical (unpaired) electrons. The highest BCUT2D eigenvalue weighted by atomic mass is 79.9. The molecule has 0 spiro atoms. The number of nitrogens with two attached hydrogens (primary N) is 2. The van der Waals surface area contributed by atoms with Crippen LogP contribution in [0.5, 0.6) is 0 Å². The first-order valence-electron chi connectivity index (χ1n) is 30.2. The quantitative estimate of drug-likeness (QED) is 0.108. The van der Waals surface area contributed by atoms with Crippen molar-refractivity contribution in [2.24, 2.45) is 0 Å². The highest BCUT2D eigenvalue weighted by Gasteiger charge is 2.52. The maximum Gasteiger partial charge on any atom is 0.498 e. The predicted molar refractivity (Wildman–Crippen MR) is 375 cm³/mol. The Kier molecular flexibility index (Phi) is 18.0. The first kappa shape index (κ1) is 65.6. The van der Waals surface area contributed by atoms with E-state index in [-0.39, 0.29) is 39.7 Å². The molecular weight excluding hydrogens is 1310 g/mol. The van der Waals surface area contributed by atoms with Crippen molar-refractivity contribution in [2.75, 3.05) is 11.5 Å². The normalized spacial score (nSPS) is 13.6. The summed E-state index contributed by atoms with van der Waals surface area (Å²) in [6, 6.07) is 44.3. The molecule has 1 saturated heterocycles. The van der Waals surface area contributed by atoms with Crippen molar-refractivity contribution in [2.45, 2.75) is 118 Å². The van der Waals surface area contributed by atoms with E-state index in [0.29, 0.717) is 17.2 Å². The van der Waals surface area contributed by atoms with E-state index in [9.17, 15) is 5.26 Å². The number of rotatable bonds is 7. The Hall–Kier alpha value is -9.94. The van der Waals surface area contributed by atoms with Crippen LogP contribution in [0.25, 0.3) is 101 Å². The summed E-state index contributed by atoms with van der Waals surface area (Å²) in [5.74, 6) is 4.15. The molecule has 23 nitrogen and oxygen atoms in total. The lowest BCUT2D eigenvalue weighted by Crippen LogP contribution is -2.41. The van der Waals surface area contributed by atoms with Gasteiger partial charge < -0.3 is 34.5 Å². The zero-order valence-corrected chi connectivity index (χ0v) is 57.5. The van der Waals surface area contributed by atoms with Gasteiger partial charge in [0.25, 0.3) is 0 Å². The molecule has 14 rings (SSSR count). The number of benzene rings is 6. The van der Waals surface area contributed by atoms with Gasteiger partial charge in [-0.05, 0) is 167 Å². The summed E-state index contributed by atoms with van der Waals surface area (Å²) >= 11 is 7.04. The van der Waals surface area contributed by atoms with Crippen LogP contribution in [0.2, 0.25) is 0 Å². The molecule has 0 unspecified atom stereocenters. The molecule has 94 heavy (non-hydrogen) atoms. The first-order valence-corrected chi connectivity index (χ1v) is 31.8. The zero-order chi connectivity index (χ0) is 67.1. The van der Waals surface area contributed by atoms with E-state index in [2.05, 4.69) is 199 Å². The van der Waals surface area contributed by atoms with Crippen molar-refractivity contribution >= 4 is 89.4 Å². The number of anilines is 2. The van der Waals surface area contributed by atoms with E-state index in [0.717, 1.165) is 104 Å². The molecule has 0 amide bonds. The second-order valence-electron chi connectivity index (χ2n) is 26.3. The highest BCUT2D eigenvalue weighted by Crippen LogP contribution is 2.40. The van der Waals surface area contributed by atoms with Crippen molar-refractivity contribution < 1.29 is 9.31 Å². The summed E-state index contributed by atoms with van der Waals surface area (Å²) in [6.07, 6.45) is 6.70. The molecule has 26 heteroatoms. The van der Waals surface area contributed by atoms with Crippen molar-refractivity contribution in [1.82, 2.24) is 89.8 Å². The average Bonchev–Trinajstić information content (AvgIpc) is 1.61. The van der Waals surface area contributed by atoms with E-state index in [1.807, 2.05) is 131 Å². The Labute approximate surface area is 560 Å². The van der Waals surface area contributed by atoms with Gasteiger partial charge >= 0.3 is 7.12 Å². The van der Waals surface area contributed by atoms with Gasteiger partial charge in [0.05, 0.1) is 55.9 Å². The Morgan fingerprint density at radius 3 is 1.26 bits per heavy atom. The Balaban J connectivity index is 0.000000131. The third-order valence-electron chi connectivity index (χ3n) is 15.9. The fourth-order valence-electron chi connectivity index (χ4n) is 11.0. The smallest absolute Gasteiger partial charge is 0.399 e. The molecule has 0 saturated carbocycles. The number of H-pyrrole nitrogens is 2. The monoisotopic (exact) mass is 1380 g/mol. The number of aromatic amines is 2. The van der Waals surface area contributed by atoms with Crippen LogP contribution >= 0.6 is 31.9 Å². The van der Waals surface area contributed by atoms with Gasteiger partial charge in [0.15, 0.2) is 0 Å². The van der Waals surface area contributed by atoms with E-state index in [1.54, 1.807) is 24.8 Å². The number of halogens is 2. The van der Waals surface area contributed by atoms with Crippen LogP contribution < -0.4 is 16.9 Å². The van der Waals surface area contributed by atoms with Crippen LogP contribution in [-0.2, 0) is 25.9 Å². The minimum absolute atomic E-state index is 0.137. The lowest BCUT2D eigenvalue weighted by Gasteiger charge is -2.32. The van der Waals surface area contributed by atoms with Gasteiger partial charge in [-0.1, -0.05) is 98.6 Å². The number of hydrogen-bond donors (Lipinski definition) is 4. The summed E-state index contributed by atoms with van der Waals surface area (Å²) in [5.41, 5.74) is 23.7. The molecule has 6 N–H and O–H groups in total. The SMILES string of the molecule is CC(C)(C)n1c(-c2ccccc2-c2nn[nH]n2)nc2cc(-c3cnc(N)nc3)ccc21.CC(C)(C)n1c(-c2ccccc2-c2nn[nH]n2)nc2cc(Br)ccc21.CC(C)(C)n1c(-c2ccccc2C#N)nc2cc(Br)ccc21.CC1(C)OB(c2cnc(N)nc2)OC1(C)C. The van der Waals surface area contributed by atoms with Crippen LogP contribution in [0.15, 0.2) is 161 Å².